The highest BCUT2D eigenvalue weighted by Gasteiger charge is 2.22. The molecule has 1 aromatic rings. The maximum Gasteiger partial charge on any atom is 0.164 e. The molecular formula is C15H25ClN2O3. The van der Waals surface area contributed by atoms with Crippen molar-refractivity contribution in [1.29, 1.82) is 0 Å². The molecule has 1 aliphatic rings. The van der Waals surface area contributed by atoms with Gasteiger partial charge in [-0.05, 0) is 19.5 Å². The molecule has 0 aromatic heterocycles. The zero-order valence-electron chi connectivity index (χ0n) is 13.1. The fourth-order valence-corrected chi connectivity index (χ4v) is 2.67. The largest absolute Gasteiger partial charge is 0.496 e. The first-order valence-corrected chi connectivity index (χ1v) is 6.90. The quantitative estimate of drug-likeness (QED) is 0.868. The van der Waals surface area contributed by atoms with Crippen molar-refractivity contribution in [2.75, 3.05) is 41.5 Å². The molecule has 0 spiro atoms. The Morgan fingerprint density at radius 2 is 1.71 bits per heavy atom. The molecule has 1 unspecified atom stereocenters. The van der Waals surface area contributed by atoms with Gasteiger partial charge in [0.05, 0.1) is 21.3 Å². The summed E-state index contributed by atoms with van der Waals surface area (Å²) in [6, 6.07) is 4.48. The van der Waals surface area contributed by atoms with Crippen molar-refractivity contribution in [3.8, 4) is 17.2 Å². The van der Waals surface area contributed by atoms with Crippen molar-refractivity contribution < 1.29 is 14.2 Å². The van der Waals surface area contributed by atoms with Gasteiger partial charge in [0.1, 0.15) is 5.75 Å². The molecule has 2 rings (SSSR count). The van der Waals surface area contributed by atoms with Crippen molar-refractivity contribution in [3.63, 3.8) is 0 Å². The number of nitrogens with one attached hydrogen (secondary N) is 1. The van der Waals surface area contributed by atoms with Crippen molar-refractivity contribution in [1.82, 2.24) is 10.2 Å². The van der Waals surface area contributed by atoms with E-state index in [4.69, 9.17) is 14.2 Å². The standard InChI is InChI=1S/C15H24N2O3.ClH/c1-16-12-5-6-17(10-12)9-11-7-14(19-3)15(20-4)8-13(11)18-2;/h7-8,12,16H,5-6,9-10H2,1-4H3;1H. The van der Waals surface area contributed by atoms with Gasteiger partial charge in [-0.2, -0.15) is 0 Å². The van der Waals surface area contributed by atoms with Gasteiger partial charge < -0.3 is 19.5 Å². The van der Waals surface area contributed by atoms with Crippen LogP contribution in [0.2, 0.25) is 0 Å². The lowest BCUT2D eigenvalue weighted by Crippen LogP contribution is -2.29. The fourth-order valence-electron chi connectivity index (χ4n) is 2.67. The van der Waals surface area contributed by atoms with Crippen LogP contribution in [0.15, 0.2) is 12.1 Å². The van der Waals surface area contributed by atoms with Crippen LogP contribution in [0.1, 0.15) is 12.0 Å². The molecule has 0 bridgehead atoms. The monoisotopic (exact) mass is 316 g/mol. The predicted octanol–water partition coefficient (Wildman–Crippen LogP) is 1.93. The van der Waals surface area contributed by atoms with E-state index in [0.29, 0.717) is 11.8 Å². The molecule has 1 saturated heterocycles. The minimum atomic E-state index is 0. The topological polar surface area (TPSA) is 43.0 Å². The van der Waals surface area contributed by atoms with E-state index in [-0.39, 0.29) is 12.4 Å². The van der Waals surface area contributed by atoms with Crippen LogP contribution in [-0.4, -0.2) is 52.4 Å². The van der Waals surface area contributed by atoms with Gasteiger partial charge in [0.2, 0.25) is 0 Å². The first-order valence-electron chi connectivity index (χ1n) is 6.90. The minimum Gasteiger partial charge on any atom is -0.496 e. The Balaban J connectivity index is 0.00000220. The number of rotatable bonds is 6. The zero-order chi connectivity index (χ0) is 14.5. The van der Waals surface area contributed by atoms with Gasteiger partial charge in [-0.25, -0.2) is 0 Å². The summed E-state index contributed by atoms with van der Waals surface area (Å²) < 4.78 is 16.2. The second-order valence-corrected chi connectivity index (χ2v) is 5.03. The van der Waals surface area contributed by atoms with Gasteiger partial charge in [0.25, 0.3) is 0 Å². The van der Waals surface area contributed by atoms with Crippen LogP contribution < -0.4 is 19.5 Å². The maximum absolute atomic E-state index is 5.47. The molecule has 1 atom stereocenters. The highest BCUT2D eigenvalue weighted by Crippen LogP contribution is 2.35. The van der Waals surface area contributed by atoms with Gasteiger partial charge in [-0.1, -0.05) is 0 Å². The van der Waals surface area contributed by atoms with Crippen molar-refractivity contribution in [2.45, 2.75) is 19.0 Å². The second-order valence-electron chi connectivity index (χ2n) is 5.03. The van der Waals surface area contributed by atoms with Crippen LogP contribution in [0, 0.1) is 0 Å². The Labute approximate surface area is 133 Å². The Kier molecular flexibility index (Phi) is 7.08. The Bertz CT molecular complexity index is 457. The molecule has 0 amide bonds. The van der Waals surface area contributed by atoms with Gasteiger partial charge in [-0.3, -0.25) is 4.90 Å². The number of likely N-dealkylation sites (tertiary alicyclic amines) is 1. The van der Waals surface area contributed by atoms with E-state index in [9.17, 15) is 0 Å². The smallest absolute Gasteiger partial charge is 0.164 e. The summed E-state index contributed by atoms with van der Waals surface area (Å²) in [5.41, 5.74) is 1.13. The molecule has 1 aromatic carbocycles. The Morgan fingerprint density at radius 3 is 2.24 bits per heavy atom. The highest BCUT2D eigenvalue weighted by atomic mass is 35.5. The fraction of sp³-hybridized carbons (Fsp3) is 0.600. The highest BCUT2D eigenvalue weighted by molar-refractivity contribution is 5.85. The molecule has 0 saturated carbocycles. The van der Waals surface area contributed by atoms with E-state index < -0.39 is 0 Å². The van der Waals surface area contributed by atoms with E-state index in [1.807, 2.05) is 19.2 Å². The first kappa shape index (κ1) is 17.9. The minimum absolute atomic E-state index is 0. The molecule has 1 aliphatic heterocycles. The number of methoxy groups -OCH3 is 3. The molecule has 21 heavy (non-hydrogen) atoms. The van der Waals surface area contributed by atoms with Gasteiger partial charge in [0, 0.05) is 37.3 Å². The van der Waals surface area contributed by atoms with Gasteiger partial charge in [0.15, 0.2) is 11.5 Å². The molecule has 0 radical (unpaired) electrons. The van der Waals surface area contributed by atoms with Crippen molar-refractivity contribution >= 4 is 12.4 Å². The average Bonchev–Trinajstić information content (AvgIpc) is 2.94. The molecule has 0 aliphatic carbocycles. The molecule has 5 nitrogen and oxygen atoms in total. The van der Waals surface area contributed by atoms with E-state index in [0.717, 1.165) is 36.7 Å². The van der Waals surface area contributed by atoms with E-state index in [2.05, 4.69) is 10.2 Å². The summed E-state index contributed by atoms with van der Waals surface area (Å²) in [6.45, 7) is 3.03. The number of nitrogens with zero attached hydrogens (tertiary/aromatic N) is 1. The van der Waals surface area contributed by atoms with Crippen LogP contribution in [0.4, 0.5) is 0 Å². The molecule has 120 valence electrons. The van der Waals surface area contributed by atoms with Crippen LogP contribution >= 0.6 is 12.4 Å². The SMILES string of the molecule is CNC1CCN(Cc2cc(OC)c(OC)cc2OC)C1.Cl. The Hall–Kier alpha value is -1.17. The molecular weight excluding hydrogens is 292 g/mol. The third-order valence-corrected chi connectivity index (χ3v) is 3.86. The molecule has 1 heterocycles. The second kappa shape index (κ2) is 8.32. The van der Waals surface area contributed by atoms with E-state index in [1.54, 1.807) is 21.3 Å². The van der Waals surface area contributed by atoms with Crippen LogP contribution in [-0.2, 0) is 6.54 Å². The lowest BCUT2D eigenvalue weighted by molar-refractivity contribution is 0.308. The van der Waals surface area contributed by atoms with Crippen molar-refractivity contribution in [3.05, 3.63) is 17.7 Å². The van der Waals surface area contributed by atoms with E-state index in [1.165, 1.54) is 6.42 Å². The lowest BCUT2D eigenvalue weighted by atomic mass is 10.1. The number of halogens is 1. The van der Waals surface area contributed by atoms with Crippen LogP contribution in [0.3, 0.4) is 0 Å². The number of benzene rings is 1. The molecule has 1 fully saturated rings. The molecule has 6 heteroatoms. The predicted molar refractivity (Wildman–Crippen MR) is 86.1 cm³/mol. The Morgan fingerprint density at radius 1 is 1.10 bits per heavy atom. The maximum atomic E-state index is 5.47. The summed E-state index contributed by atoms with van der Waals surface area (Å²) in [5.74, 6) is 2.28. The normalized spacial score (nSPS) is 18.2. The average molecular weight is 317 g/mol. The summed E-state index contributed by atoms with van der Waals surface area (Å²) in [5, 5.41) is 3.33. The summed E-state index contributed by atoms with van der Waals surface area (Å²) in [6.07, 6.45) is 1.19. The number of likely N-dealkylation sites (N-methyl/N-ethyl adjacent to an activating group) is 1. The first-order chi connectivity index (χ1) is 9.71. The van der Waals surface area contributed by atoms with E-state index >= 15 is 0 Å². The number of hydrogen-bond acceptors (Lipinski definition) is 5. The number of ether oxygens (including phenoxy) is 3. The summed E-state index contributed by atoms with van der Waals surface area (Å²) in [7, 11) is 6.99. The third-order valence-electron chi connectivity index (χ3n) is 3.86. The lowest BCUT2D eigenvalue weighted by Gasteiger charge is -2.19. The van der Waals surface area contributed by atoms with Gasteiger partial charge in [-0.15, -0.1) is 12.4 Å². The third kappa shape index (κ3) is 4.15. The molecule has 1 N–H and O–H groups in total. The van der Waals surface area contributed by atoms with Crippen LogP contribution in [0.5, 0.6) is 17.2 Å². The van der Waals surface area contributed by atoms with Crippen LogP contribution in [0.25, 0.3) is 0 Å². The van der Waals surface area contributed by atoms with Crippen molar-refractivity contribution in [2.24, 2.45) is 0 Å². The number of hydrogen-bond donors (Lipinski definition) is 1. The summed E-state index contributed by atoms with van der Waals surface area (Å²) >= 11 is 0. The van der Waals surface area contributed by atoms with Gasteiger partial charge >= 0.3 is 0 Å². The zero-order valence-corrected chi connectivity index (χ0v) is 14.0. The summed E-state index contributed by atoms with van der Waals surface area (Å²) in [4.78, 5) is 2.42.